The first-order chi connectivity index (χ1) is 8.08. The summed E-state index contributed by atoms with van der Waals surface area (Å²) in [6.07, 6.45) is 1.31. The standard InChI is InChI=1S/C8H13N5O2S2/c1-3-9-7-12-13-6(5-10-8(13)16-7)17(14,15)11-4-2/h5,11H,3-4H2,1-2H3,(H,9,12). The number of nitrogens with zero attached hydrogens (tertiary/aromatic N) is 3. The Morgan fingerprint density at radius 1 is 1.41 bits per heavy atom. The minimum absolute atomic E-state index is 0.0646. The molecule has 2 N–H and O–H groups in total. The highest BCUT2D eigenvalue weighted by atomic mass is 32.2. The Balaban J connectivity index is 2.48. The van der Waals surface area contributed by atoms with Gasteiger partial charge in [0.05, 0.1) is 6.20 Å². The molecule has 0 atom stereocenters. The van der Waals surface area contributed by atoms with Gasteiger partial charge in [-0.2, -0.15) is 4.52 Å². The Hall–Kier alpha value is -1.19. The van der Waals surface area contributed by atoms with E-state index in [4.69, 9.17) is 0 Å². The Morgan fingerprint density at radius 2 is 2.18 bits per heavy atom. The van der Waals surface area contributed by atoms with E-state index in [0.717, 1.165) is 6.54 Å². The first-order valence-corrected chi connectivity index (χ1v) is 7.46. The summed E-state index contributed by atoms with van der Waals surface area (Å²) < 4.78 is 27.4. The molecule has 0 aliphatic heterocycles. The highest BCUT2D eigenvalue weighted by molar-refractivity contribution is 7.89. The molecule has 0 fully saturated rings. The quantitative estimate of drug-likeness (QED) is 0.830. The lowest BCUT2D eigenvalue weighted by Crippen LogP contribution is -2.24. The predicted octanol–water partition coefficient (Wildman–Crippen LogP) is 0.521. The molecule has 9 heteroatoms. The van der Waals surface area contributed by atoms with Crippen LogP contribution in [0.4, 0.5) is 5.13 Å². The number of hydrogen-bond acceptors (Lipinski definition) is 6. The van der Waals surface area contributed by atoms with Crippen LogP contribution in [0, 0.1) is 0 Å². The van der Waals surface area contributed by atoms with Gasteiger partial charge >= 0.3 is 0 Å². The first kappa shape index (κ1) is 12.3. The fraction of sp³-hybridized carbons (Fsp3) is 0.500. The summed E-state index contributed by atoms with van der Waals surface area (Å²) in [5.74, 6) is 0. The lowest BCUT2D eigenvalue weighted by molar-refractivity contribution is 0.576. The zero-order chi connectivity index (χ0) is 12.5. The van der Waals surface area contributed by atoms with Crippen LogP contribution in [0.15, 0.2) is 11.2 Å². The Morgan fingerprint density at radius 3 is 2.82 bits per heavy atom. The smallest absolute Gasteiger partial charge is 0.259 e. The second-order valence-corrected chi connectivity index (χ2v) is 5.90. The van der Waals surface area contributed by atoms with Crippen LogP contribution in [-0.4, -0.2) is 36.1 Å². The topological polar surface area (TPSA) is 88.4 Å². The number of nitrogens with one attached hydrogen (secondary N) is 2. The molecule has 0 aliphatic carbocycles. The molecule has 0 unspecified atom stereocenters. The molecule has 2 rings (SSSR count). The van der Waals surface area contributed by atoms with Crippen molar-refractivity contribution in [1.29, 1.82) is 0 Å². The number of sulfonamides is 1. The molecule has 94 valence electrons. The van der Waals surface area contributed by atoms with Gasteiger partial charge in [0, 0.05) is 13.1 Å². The molecule has 0 radical (unpaired) electrons. The fourth-order valence-corrected chi connectivity index (χ4v) is 3.32. The molecule has 0 amide bonds. The van der Waals surface area contributed by atoms with Crippen molar-refractivity contribution in [3.05, 3.63) is 6.20 Å². The van der Waals surface area contributed by atoms with E-state index in [2.05, 4.69) is 20.1 Å². The number of fused-ring (bicyclic) bond motifs is 1. The highest BCUT2D eigenvalue weighted by Gasteiger charge is 2.20. The monoisotopic (exact) mass is 275 g/mol. The minimum atomic E-state index is -3.53. The van der Waals surface area contributed by atoms with Crippen LogP contribution in [0.5, 0.6) is 0 Å². The molecule has 0 bridgehead atoms. The maximum absolute atomic E-state index is 11.8. The number of anilines is 1. The maximum atomic E-state index is 11.8. The number of rotatable bonds is 5. The molecular formula is C8H13N5O2S2. The van der Waals surface area contributed by atoms with E-state index in [9.17, 15) is 8.42 Å². The van der Waals surface area contributed by atoms with E-state index < -0.39 is 10.0 Å². The van der Waals surface area contributed by atoms with Crippen LogP contribution in [0.25, 0.3) is 4.96 Å². The van der Waals surface area contributed by atoms with Crippen LogP contribution in [0.3, 0.4) is 0 Å². The van der Waals surface area contributed by atoms with Crippen LogP contribution in [0.1, 0.15) is 13.8 Å². The average Bonchev–Trinajstić information content (AvgIpc) is 2.76. The number of imidazole rings is 1. The van der Waals surface area contributed by atoms with E-state index >= 15 is 0 Å². The van der Waals surface area contributed by atoms with E-state index in [-0.39, 0.29) is 5.03 Å². The van der Waals surface area contributed by atoms with Gasteiger partial charge in [-0.05, 0) is 6.92 Å². The lowest BCUT2D eigenvalue weighted by atomic mass is 10.8. The molecule has 0 spiro atoms. The van der Waals surface area contributed by atoms with E-state index in [0.29, 0.717) is 16.6 Å². The van der Waals surface area contributed by atoms with E-state index in [1.165, 1.54) is 22.0 Å². The third-order valence-electron chi connectivity index (χ3n) is 1.99. The van der Waals surface area contributed by atoms with Gasteiger partial charge in [0.2, 0.25) is 10.1 Å². The zero-order valence-electron chi connectivity index (χ0n) is 9.47. The van der Waals surface area contributed by atoms with E-state index in [1.807, 2.05) is 6.92 Å². The van der Waals surface area contributed by atoms with Crippen molar-refractivity contribution >= 4 is 31.5 Å². The van der Waals surface area contributed by atoms with Crippen molar-refractivity contribution in [2.75, 3.05) is 18.4 Å². The number of aromatic nitrogens is 3. The van der Waals surface area contributed by atoms with Gasteiger partial charge in [-0.25, -0.2) is 18.1 Å². The molecule has 0 aromatic carbocycles. The third kappa shape index (κ3) is 2.26. The van der Waals surface area contributed by atoms with Crippen molar-refractivity contribution < 1.29 is 8.42 Å². The number of hydrogen-bond donors (Lipinski definition) is 2. The molecule has 2 aromatic rings. The second-order valence-electron chi connectivity index (χ2n) is 3.23. The van der Waals surface area contributed by atoms with Crippen molar-refractivity contribution in [2.24, 2.45) is 0 Å². The summed E-state index contributed by atoms with van der Waals surface area (Å²) in [6, 6.07) is 0. The van der Waals surface area contributed by atoms with Crippen LogP contribution >= 0.6 is 11.3 Å². The van der Waals surface area contributed by atoms with Crippen molar-refractivity contribution in [1.82, 2.24) is 19.3 Å². The van der Waals surface area contributed by atoms with Gasteiger partial charge in [-0.15, -0.1) is 5.10 Å². The SMILES string of the molecule is CCNc1nn2c(S(=O)(=O)NCC)cnc2s1. The molecule has 0 saturated carbocycles. The van der Waals surface area contributed by atoms with Crippen molar-refractivity contribution in [3.8, 4) is 0 Å². The molecule has 2 heterocycles. The van der Waals surface area contributed by atoms with Gasteiger partial charge < -0.3 is 5.32 Å². The summed E-state index contributed by atoms with van der Waals surface area (Å²) in [5, 5.41) is 7.90. The lowest BCUT2D eigenvalue weighted by Gasteiger charge is -2.01. The first-order valence-electron chi connectivity index (χ1n) is 5.16. The molecule has 2 aromatic heterocycles. The molecule has 0 saturated heterocycles. The summed E-state index contributed by atoms with van der Waals surface area (Å²) in [5.41, 5.74) is 0. The van der Waals surface area contributed by atoms with Crippen molar-refractivity contribution in [2.45, 2.75) is 18.9 Å². The molecule has 0 aliphatic rings. The molecule has 7 nitrogen and oxygen atoms in total. The fourth-order valence-electron chi connectivity index (χ4n) is 1.34. The van der Waals surface area contributed by atoms with Gasteiger partial charge in [-0.3, -0.25) is 0 Å². The normalized spacial score (nSPS) is 12.1. The van der Waals surface area contributed by atoms with Gasteiger partial charge in [0.15, 0.2) is 5.03 Å². The summed E-state index contributed by atoms with van der Waals surface area (Å²) in [7, 11) is -3.53. The van der Waals surface area contributed by atoms with Gasteiger partial charge in [-0.1, -0.05) is 18.3 Å². The van der Waals surface area contributed by atoms with Gasteiger partial charge in [0.25, 0.3) is 10.0 Å². The Kier molecular flexibility index (Phi) is 3.31. The second kappa shape index (κ2) is 4.59. The Labute approximate surface area is 103 Å². The van der Waals surface area contributed by atoms with Crippen LogP contribution in [0.2, 0.25) is 0 Å². The van der Waals surface area contributed by atoms with E-state index in [1.54, 1.807) is 6.92 Å². The average molecular weight is 275 g/mol. The minimum Gasteiger partial charge on any atom is -0.360 e. The van der Waals surface area contributed by atoms with Gasteiger partial charge in [0.1, 0.15) is 0 Å². The maximum Gasteiger partial charge on any atom is 0.259 e. The zero-order valence-corrected chi connectivity index (χ0v) is 11.1. The summed E-state index contributed by atoms with van der Waals surface area (Å²) >= 11 is 1.31. The summed E-state index contributed by atoms with van der Waals surface area (Å²) in [4.78, 5) is 4.58. The van der Waals surface area contributed by atoms with Crippen molar-refractivity contribution in [3.63, 3.8) is 0 Å². The summed E-state index contributed by atoms with van der Waals surface area (Å²) in [6.45, 7) is 4.73. The Bertz CT molecular complexity index is 615. The predicted molar refractivity (Wildman–Crippen MR) is 65.9 cm³/mol. The molecule has 17 heavy (non-hydrogen) atoms. The largest absolute Gasteiger partial charge is 0.360 e. The molecular weight excluding hydrogens is 262 g/mol. The third-order valence-corrected chi connectivity index (χ3v) is 4.37. The highest BCUT2D eigenvalue weighted by Crippen LogP contribution is 2.21. The van der Waals surface area contributed by atoms with Crippen LogP contribution in [-0.2, 0) is 10.0 Å². The van der Waals surface area contributed by atoms with Crippen LogP contribution < -0.4 is 10.0 Å².